The van der Waals surface area contributed by atoms with Gasteiger partial charge in [0.25, 0.3) is 0 Å². The van der Waals surface area contributed by atoms with E-state index in [1.165, 1.54) is 6.07 Å². The summed E-state index contributed by atoms with van der Waals surface area (Å²) in [7, 11) is 1.89. The third kappa shape index (κ3) is 3.48. The minimum atomic E-state index is -0.399. The van der Waals surface area contributed by atoms with E-state index in [9.17, 15) is 4.39 Å². The number of halogens is 2. The smallest absolute Gasteiger partial charge is 0.141 e. The molecule has 0 amide bonds. The summed E-state index contributed by atoms with van der Waals surface area (Å²) < 4.78 is 12.9. The predicted octanol–water partition coefficient (Wildman–Crippen LogP) is 2.87. The zero-order valence-electron chi connectivity index (χ0n) is 9.37. The van der Waals surface area contributed by atoms with Gasteiger partial charge in [0.2, 0.25) is 0 Å². The molecule has 0 saturated carbocycles. The summed E-state index contributed by atoms with van der Waals surface area (Å²) in [5.74, 6) is -0.399. The molecule has 1 atom stereocenters. The van der Waals surface area contributed by atoms with Crippen LogP contribution in [0, 0.1) is 17.1 Å². The summed E-state index contributed by atoms with van der Waals surface area (Å²) >= 11 is 5.68. The van der Waals surface area contributed by atoms with Crippen molar-refractivity contribution in [2.24, 2.45) is 0 Å². The highest BCUT2D eigenvalue weighted by Crippen LogP contribution is 2.16. The number of nitriles is 1. The molecule has 0 aromatic heterocycles. The minimum Gasteiger partial charge on any atom is -0.291 e. The molecule has 2 nitrogen and oxygen atoms in total. The molecular formula is C12H14ClFN2. The van der Waals surface area contributed by atoms with Crippen molar-refractivity contribution in [2.75, 3.05) is 13.6 Å². The molecule has 4 heteroatoms. The first-order valence-electron chi connectivity index (χ1n) is 5.08. The van der Waals surface area contributed by atoms with Gasteiger partial charge in [-0.25, -0.2) is 4.39 Å². The maximum atomic E-state index is 12.9. The molecular weight excluding hydrogens is 227 g/mol. The van der Waals surface area contributed by atoms with Crippen molar-refractivity contribution >= 4 is 11.6 Å². The van der Waals surface area contributed by atoms with Gasteiger partial charge in [-0.2, -0.15) is 5.26 Å². The lowest BCUT2D eigenvalue weighted by atomic mass is 10.1. The van der Waals surface area contributed by atoms with Gasteiger partial charge in [0, 0.05) is 6.54 Å². The molecule has 16 heavy (non-hydrogen) atoms. The SMILES string of the molecule is CC(C#N)N(C)CCc1ccc(F)c(Cl)c1. The van der Waals surface area contributed by atoms with Crippen molar-refractivity contribution < 1.29 is 4.39 Å². The Kier molecular flexibility index (Phi) is 4.72. The lowest BCUT2D eigenvalue weighted by molar-refractivity contribution is 0.306. The summed E-state index contributed by atoms with van der Waals surface area (Å²) in [5.41, 5.74) is 0.975. The van der Waals surface area contributed by atoms with E-state index in [0.717, 1.165) is 18.5 Å². The van der Waals surface area contributed by atoms with Crippen molar-refractivity contribution in [3.63, 3.8) is 0 Å². The Balaban J connectivity index is 2.55. The van der Waals surface area contributed by atoms with E-state index in [-0.39, 0.29) is 11.1 Å². The van der Waals surface area contributed by atoms with E-state index in [0.29, 0.717) is 0 Å². The second-order valence-electron chi connectivity index (χ2n) is 3.78. The van der Waals surface area contributed by atoms with Crippen molar-refractivity contribution in [1.29, 1.82) is 5.26 Å². The highest BCUT2D eigenvalue weighted by Gasteiger charge is 2.08. The van der Waals surface area contributed by atoms with Crippen LogP contribution in [0.4, 0.5) is 4.39 Å². The summed E-state index contributed by atoms with van der Waals surface area (Å²) in [5, 5.41) is 8.87. The van der Waals surface area contributed by atoms with Crippen LogP contribution in [0.15, 0.2) is 18.2 Å². The van der Waals surface area contributed by atoms with E-state index in [1.807, 2.05) is 18.9 Å². The van der Waals surface area contributed by atoms with Gasteiger partial charge < -0.3 is 0 Å². The second-order valence-corrected chi connectivity index (χ2v) is 4.19. The average molecular weight is 241 g/mol. The molecule has 0 fully saturated rings. The van der Waals surface area contributed by atoms with Gasteiger partial charge >= 0.3 is 0 Å². The van der Waals surface area contributed by atoms with Gasteiger partial charge in [-0.05, 0) is 38.1 Å². The number of benzene rings is 1. The van der Waals surface area contributed by atoms with Crippen molar-refractivity contribution in [1.82, 2.24) is 4.90 Å². The van der Waals surface area contributed by atoms with Crippen LogP contribution in [0.2, 0.25) is 5.02 Å². The van der Waals surface area contributed by atoms with Crippen LogP contribution in [0.1, 0.15) is 12.5 Å². The van der Waals surface area contributed by atoms with Crippen LogP contribution >= 0.6 is 11.6 Å². The maximum Gasteiger partial charge on any atom is 0.141 e. The molecule has 0 saturated heterocycles. The van der Waals surface area contributed by atoms with Crippen LogP contribution in [0.25, 0.3) is 0 Å². The van der Waals surface area contributed by atoms with E-state index < -0.39 is 5.82 Å². The van der Waals surface area contributed by atoms with Crippen LogP contribution in [-0.4, -0.2) is 24.5 Å². The molecule has 1 aromatic rings. The Morgan fingerprint density at radius 3 is 2.81 bits per heavy atom. The Morgan fingerprint density at radius 2 is 2.25 bits per heavy atom. The molecule has 1 aromatic carbocycles. The van der Waals surface area contributed by atoms with Crippen LogP contribution < -0.4 is 0 Å². The standard InChI is InChI=1S/C12H14ClFN2/c1-9(8-15)16(2)6-5-10-3-4-12(14)11(13)7-10/h3-4,7,9H,5-6H2,1-2H3. The zero-order valence-corrected chi connectivity index (χ0v) is 10.1. The highest BCUT2D eigenvalue weighted by molar-refractivity contribution is 6.30. The normalized spacial score (nSPS) is 12.5. The number of likely N-dealkylation sites (N-methyl/N-ethyl adjacent to an activating group) is 1. The molecule has 0 heterocycles. The van der Waals surface area contributed by atoms with Crippen LogP contribution in [0.5, 0.6) is 0 Å². The van der Waals surface area contributed by atoms with Crippen LogP contribution in [0.3, 0.4) is 0 Å². The van der Waals surface area contributed by atoms with E-state index >= 15 is 0 Å². The zero-order chi connectivity index (χ0) is 12.1. The number of hydrogen-bond acceptors (Lipinski definition) is 2. The molecule has 1 rings (SSSR count). The van der Waals surface area contributed by atoms with Gasteiger partial charge in [-0.1, -0.05) is 17.7 Å². The molecule has 86 valence electrons. The Hall–Kier alpha value is -1.11. The first-order valence-corrected chi connectivity index (χ1v) is 5.46. The monoisotopic (exact) mass is 240 g/mol. The molecule has 0 spiro atoms. The summed E-state index contributed by atoms with van der Waals surface area (Å²) in [6.07, 6.45) is 0.753. The number of hydrogen-bond donors (Lipinski definition) is 0. The Bertz CT molecular complexity index is 400. The quantitative estimate of drug-likeness (QED) is 0.809. The maximum absolute atomic E-state index is 12.9. The third-order valence-corrected chi connectivity index (χ3v) is 2.87. The van der Waals surface area contributed by atoms with Gasteiger partial charge in [-0.15, -0.1) is 0 Å². The van der Waals surface area contributed by atoms with Gasteiger partial charge in [0.05, 0.1) is 17.1 Å². The van der Waals surface area contributed by atoms with Gasteiger partial charge in [0.1, 0.15) is 5.82 Å². The summed E-state index contributed by atoms with van der Waals surface area (Å²) in [6, 6.07) is 6.75. The lowest BCUT2D eigenvalue weighted by Crippen LogP contribution is -2.29. The third-order valence-electron chi connectivity index (χ3n) is 2.59. The van der Waals surface area contributed by atoms with Gasteiger partial charge in [0.15, 0.2) is 0 Å². The molecule has 0 bridgehead atoms. The highest BCUT2D eigenvalue weighted by atomic mass is 35.5. The predicted molar refractivity (Wildman–Crippen MR) is 62.8 cm³/mol. The van der Waals surface area contributed by atoms with E-state index in [4.69, 9.17) is 16.9 Å². The van der Waals surface area contributed by atoms with Crippen molar-refractivity contribution in [2.45, 2.75) is 19.4 Å². The van der Waals surface area contributed by atoms with E-state index in [2.05, 4.69) is 6.07 Å². The number of nitrogens with zero attached hydrogens (tertiary/aromatic N) is 2. The number of rotatable bonds is 4. The molecule has 0 aliphatic carbocycles. The Morgan fingerprint density at radius 1 is 1.56 bits per heavy atom. The van der Waals surface area contributed by atoms with Crippen molar-refractivity contribution in [3.05, 3.63) is 34.6 Å². The fourth-order valence-corrected chi connectivity index (χ4v) is 1.50. The first kappa shape index (κ1) is 13.0. The average Bonchev–Trinajstić information content (AvgIpc) is 2.29. The molecule has 0 aliphatic heterocycles. The van der Waals surface area contributed by atoms with Crippen molar-refractivity contribution in [3.8, 4) is 6.07 Å². The topological polar surface area (TPSA) is 27.0 Å². The second kappa shape index (κ2) is 5.83. The Labute approximate surface area is 100 Å². The molecule has 0 radical (unpaired) electrons. The van der Waals surface area contributed by atoms with E-state index in [1.54, 1.807) is 12.1 Å². The summed E-state index contributed by atoms with van der Waals surface area (Å²) in [4.78, 5) is 1.94. The molecule has 1 unspecified atom stereocenters. The minimum absolute atomic E-state index is 0.115. The largest absolute Gasteiger partial charge is 0.291 e. The molecule has 0 N–H and O–H groups in total. The fourth-order valence-electron chi connectivity index (χ4n) is 1.29. The summed E-state index contributed by atoms with van der Waals surface area (Å²) in [6.45, 7) is 2.59. The fraction of sp³-hybridized carbons (Fsp3) is 0.417. The first-order chi connectivity index (χ1) is 7.54. The molecule has 0 aliphatic rings. The van der Waals surface area contributed by atoms with Gasteiger partial charge in [-0.3, -0.25) is 4.90 Å². The van der Waals surface area contributed by atoms with Crippen LogP contribution in [-0.2, 0) is 6.42 Å². The lowest BCUT2D eigenvalue weighted by Gasteiger charge is -2.18.